The zero-order chi connectivity index (χ0) is 15.3. The summed E-state index contributed by atoms with van der Waals surface area (Å²) in [5.41, 5.74) is 5.20. The maximum Gasteiger partial charge on any atom is 0.217 e. The molecule has 7 heteroatoms. The summed E-state index contributed by atoms with van der Waals surface area (Å²) in [5.74, 6) is 0.757. The van der Waals surface area contributed by atoms with Crippen LogP contribution < -0.4 is 11.1 Å². The molecule has 2 aliphatic rings. The monoisotopic (exact) mass is 317 g/mol. The van der Waals surface area contributed by atoms with Crippen molar-refractivity contribution in [2.75, 3.05) is 31.9 Å². The predicted molar refractivity (Wildman–Crippen MR) is 82.1 cm³/mol. The van der Waals surface area contributed by atoms with E-state index in [1.54, 1.807) is 4.31 Å². The molecule has 2 aliphatic heterocycles. The molecule has 0 atom stereocenters. The van der Waals surface area contributed by atoms with Gasteiger partial charge in [0.15, 0.2) is 0 Å². The zero-order valence-electron chi connectivity index (χ0n) is 12.6. The van der Waals surface area contributed by atoms with Crippen molar-refractivity contribution in [3.8, 4) is 0 Å². The van der Waals surface area contributed by atoms with Crippen LogP contribution in [-0.2, 0) is 14.8 Å². The van der Waals surface area contributed by atoms with Gasteiger partial charge in [-0.05, 0) is 57.0 Å². The molecule has 0 radical (unpaired) electrons. The number of carbonyl (C=O) groups excluding carboxylic acids is 1. The average Bonchev–Trinajstić information content (AvgIpc) is 2.46. The van der Waals surface area contributed by atoms with Crippen LogP contribution in [0.15, 0.2) is 0 Å². The molecule has 2 rings (SSSR count). The fourth-order valence-electron chi connectivity index (χ4n) is 3.29. The van der Waals surface area contributed by atoms with Gasteiger partial charge in [-0.15, -0.1) is 0 Å². The van der Waals surface area contributed by atoms with Crippen LogP contribution in [0.5, 0.6) is 0 Å². The van der Waals surface area contributed by atoms with Crippen LogP contribution in [0.25, 0.3) is 0 Å². The number of hydrogen-bond acceptors (Lipinski definition) is 4. The fraction of sp³-hybridized carbons (Fsp3) is 0.929. The van der Waals surface area contributed by atoms with E-state index in [1.165, 1.54) is 0 Å². The van der Waals surface area contributed by atoms with E-state index in [1.807, 2.05) is 0 Å². The molecule has 2 fully saturated rings. The van der Waals surface area contributed by atoms with Gasteiger partial charge in [-0.1, -0.05) is 0 Å². The third kappa shape index (κ3) is 5.23. The molecular formula is C14H27N3O3S. The van der Waals surface area contributed by atoms with Gasteiger partial charge in [0.1, 0.15) is 0 Å². The normalized spacial score (nSPS) is 23.2. The molecule has 6 nitrogen and oxygen atoms in total. The maximum atomic E-state index is 12.4. The third-order valence-electron chi connectivity index (χ3n) is 4.70. The standard InChI is InChI=1S/C14H27N3O3S/c15-14(18)11-13-3-8-17(9-4-13)21(19,20)10-5-12-1-6-16-7-2-12/h12-13,16H,1-11H2,(H2,15,18). The van der Waals surface area contributed by atoms with Gasteiger partial charge in [0, 0.05) is 19.5 Å². The summed E-state index contributed by atoms with van der Waals surface area (Å²) in [6.07, 6.45) is 4.80. The van der Waals surface area contributed by atoms with Crippen LogP contribution in [0.1, 0.15) is 38.5 Å². The first kappa shape index (κ1) is 16.7. The van der Waals surface area contributed by atoms with Crippen LogP contribution in [-0.4, -0.2) is 50.6 Å². The number of nitrogens with two attached hydrogens (primary N) is 1. The zero-order valence-corrected chi connectivity index (χ0v) is 13.4. The van der Waals surface area contributed by atoms with E-state index in [2.05, 4.69) is 5.32 Å². The van der Waals surface area contributed by atoms with Gasteiger partial charge in [0.05, 0.1) is 5.75 Å². The molecule has 0 unspecified atom stereocenters. The Morgan fingerprint density at radius 3 is 2.29 bits per heavy atom. The van der Waals surface area contributed by atoms with Crippen molar-refractivity contribution in [2.45, 2.75) is 38.5 Å². The number of amides is 1. The number of rotatable bonds is 6. The van der Waals surface area contributed by atoms with E-state index in [0.29, 0.717) is 25.4 Å². The average molecular weight is 317 g/mol. The number of nitrogens with one attached hydrogen (secondary N) is 1. The van der Waals surface area contributed by atoms with Gasteiger partial charge in [0.25, 0.3) is 0 Å². The van der Waals surface area contributed by atoms with E-state index < -0.39 is 10.0 Å². The van der Waals surface area contributed by atoms with Gasteiger partial charge in [-0.25, -0.2) is 12.7 Å². The summed E-state index contributed by atoms with van der Waals surface area (Å²) in [6.45, 7) is 3.07. The molecule has 3 N–H and O–H groups in total. The highest BCUT2D eigenvalue weighted by Gasteiger charge is 2.29. The predicted octanol–water partition coefficient (Wildman–Crippen LogP) is 0.293. The molecule has 1 amide bonds. The number of primary amides is 1. The molecule has 2 heterocycles. The Balaban J connectivity index is 1.76. The lowest BCUT2D eigenvalue weighted by Crippen LogP contribution is -2.41. The van der Waals surface area contributed by atoms with Crippen molar-refractivity contribution in [2.24, 2.45) is 17.6 Å². The Kier molecular flexibility index (Phi) is 6.01. The van der Waals surface area contributed by atoms with Gasteiger partial charge in [-0.3, -0.25) is 4.79 Å². The third-order valence-corrected chi connectivity index (χ3v) is 6.60. The van der Waals surface area contributed by atoms with Crippen molar-refractivity contribution >= 4 is 15.9 Å². The van der Waals surface area contributed by atoms with Crippen molar-refractivity contribution in [1.29, 1.82) is 0 Å². The van der Waals surface area contributed by atoms with Crippen LogP contribution in [0.4, 0.5) is 0 Å². The van der Waals surface area contributed by atoms with E-state index in [9.17, 15) is 13.2 Å². The van der Waals surface area contributed by atoms with Crippen molar-refractivity contribution in [1.82, 2.24) is 9.62 Å². The first-order chi connectivity index (χ1) is 9.97. The number of hydrogen-bond donors (Lipinski definition) is 2. The second-order valence-electron chi connectivity index (χ2n) is 6.31. The van der Waals surface area contributed by atoms with Crippen molar-refractivity contribution < 1.29 is 13.2 Å². The minimum atomic E-state index is -3.14. The molecule has 0 saturated carbocycles. The second kappa shape index (κ2) is 7.56. The molecule has 0 aromatic rings. The number of sulfonamides is 1. The summed E-state index contributed by atoms with van der Waals surface area (Å²) in [5, 5.41) is 3.30. The Hall–Kier alpha value is -0.660. The minimum absolute atomic E-state index is 0.248. The topological polar surface area (TPSA) is 92.5 Å². The molecule has 0 bridgehead atoms. The van der Waals surface area contributed by atoms with Crippen LogP contribution >= 0.6 is 0 Å². The SMILES string of the molecule is NC(=O)CC1CCN(S(=O)(=O)CCC2CCNCC2)CC1. The Bertz CT molecular complexity index is 438. The number of carbonyl (C=O) groups is 1. The van der Waals surface area contributed by atoms with Crippen molar-refractivity contribution in [3.05, 3.63) is 0 Å². The summed E-state index contributed by atoms with van der Waals surface area (Å²) >= 11 is 0. The maximum absolute atomic E-state index is 12.4. The quantitative estimate of drug-likeness (QED) is 0.736. The van der Waals surface area contributed by atoms with Gasteiger partial charge in [0.2, 0.25) is 15.9 Å². The summed E-state index contributed by atoms with van der Waals surface area (Å²) in [6, 6.07) is 0. The lowest BCUT2D eigenvalue weighted by molar-refractivity contribution is -0.119. The van der Waals surface area contributed by atoms with E-state index in [0.717, 1.165) is 45.2 Å². The summed E-state index contributed by atoms with van der Waals surface area (Å²) in [7, 11) is -3.14. The molecule has 21 heavy (non-hydrogen) atoms. The fourth-order valence-corrected chi connectivity index (χ4v) is 4.95. The number of nitrogens with zero attached hydrogens (tertiary/aromatic N) is 1. The van der Waals surface area contributed by atoms with Gasteiger partial charge < -0.3 is 11.1 Å². The first-order valence-electron chi connectivity index (χ1n) is 7.94. The van der Waals surface area contributed by atoms with E-state index in [-0.39, 0.29) is 17.6 Å². The Morgan fingerprint density at radius 2 is 1.71 bits per heavy atom. The molecule has 0 aliphatic carbocycles. The molecule has 2 saturated heterocycles. The highest BCUT2D eigenvalue weighted by molar-refractivity contribution is 7.89. The van der Waals surface area contributed by atoms with Gasteiger partial charge >= 0.3 is 0 Å². The summed E-state index contributed by atoms with van der Waals surface area (Å²) in [4.78, 5) is 10.9. The van der Waals surface area contributed by atoms with Gasteiger partial charge in [-0.2, -0.15) is 0 Å². The van der Waals surface area contributed by atoms with Crippen LogP contribution in [0, 0.1) is 11.8 Å². The molecular weight excluding hydrogens is 290 g/mol. The number of piperidine rings is 2. The lowest BCUT2D eigenvalue weighted by Gasteiger charge is -2.31. The van der Waals surface area contributed by atoms with Crippen LogP contribution in [0.2, 0.25) is 0 Å². The lowest BCUT2D eigenvalue weighted by atomic mass is 9.94. The Labute approximate surface area is 127 Å². The molecule has 122 valence electrons. The highest BCUT2D eigenvalue weighted by atomic mass is 32.2. The smallest absolute Gasteiger partial charge is 0.217 e. The minimum Gasteiger partial charge on any atom is -0.370 e. The Morgan fingerprint density at radius 1 is 1.10 bits per heavy atom. The largest absolute Gasteiger partial charge is 0.370 e. The molecule has 0 spiro atoms. The van der Waals surface area contributed by atoms with E-state index in [4.69, 9.17) is 5.73 Å². The van der Waals surface area contributed by atoms with Crippen LogP contribution in [0.3, 0.4) is 0 Å². The second-order valence-corrected chi connectivity index (χ2v) is 8.40. The first-order valence-corrected chi connectivity index (χ1v) is 9.55. The molecule has 0 aromatic heterocycles. The highest BCUT2D eigenvalue weighted by Crippen LogP contribution is 2.24. The van der Waals surface area contributed by atoms with Crippen molar-refractivity contribution in [3.63, 3.8) is 0 Å². The molecule has 0 aromatic carbocycles. The van der Waals surface area contributed by atoms with E-state index >= 15 is 0 Å². The summed E-state index contributed by atoms with van der Waals surface area (Å²) < 4.78 is 26.4.